The molecule has 2 saturated carbocycles. The van der Waals surface area contributed by atoms with Crippen LogP contribution in [0.5, 0.6) is 0 Å². The summed E-state index contributed by atoms with van der Waals surface area (Å²) in [4.78, 5) is 0. The minimum atomic E-state index is -0.300. The van der Waals surface area contributed by atoms with E-state index in [1.54, 1.807) is 0 Å². The van der Waals surface area contributed by atoms with Crippen LogP contribution in [0.15, 0.2) is 0 Å². The maximum atomic E-state index is 10.2. The van der Waals surface area contributed by atoms with Crippen LogP contribution in [0.4, 0.5) is 0 Å². The Morgan fingerprint density at radius 3 is 2.41 bits per heavy atom. The summed E-state index contributed by atoms with van der Waals surface area (Å²) in [7, 11) is 0. The topological polar surface area (TPSA) is 66.5 Å². The summed E-state index contributed by atoms with van der Waals surface area (Å²) in [6.45, 7) is 0.510. The molecule has 2 aliphatic rings. The number of aliphatic hydroxyl groups excluding tert-OH is 2. The predicted molar refractivity (Wildman–Crippen MR) is 68.5 cm³/mol. The third-order valence-electron chi connectivity index (χ3n) is 4.99. The number of hydrogen-bond donors (Lipinski definition) is 3. The third-order valence-corrected chi connectivity index (χ3v) is 4.99. The molecule has 3 unspecified atom stereocenters. The van der Waals surface area contributed by atoms with Gasteiger partial charge in [-0.25, -0.2) is 0 Å². The molecule has 3 heteroatoms. The van der Waals surface area contributed by atoms with E-state index >= 15 is 0 Å². The minimum absolute atomic E-state index is 0.196. The second kappa shape index (κ2) is 5.68. The lowest BCUT2D eigenvalue weighted by Crippen LogP contribution is -2.40. The molecule has 0 aliphatic heterocycles. The Labute approximate surface area is 104 Å². The van der Waals surface area contributed by atoms with Crippen LogP contribution in [0.1, 0.15) is 57.8 Å². The van der Waals surface area contributed by atoms with E-state index in [0.29, 0.717) is 18.9 Å². The monoisotopic (exact) mass is 241 g/mol. The van der Waals surface area contributed by atoms with Crippen LogP contribution in [0.25, 0.3) is 0 Å². The largest absolute Gasteiger partial charge is 0.393 e. The summed E-state index contributed by atoms with van der Waals surface area (Å²) in [5, 5.41) is 20.3. The molecule has 3 nitrogen and oxygen atoms in total. The van der Waals surface area contributed by atoms with E-state index in [0.717, 1.165) is 25.7 Å². The maximum absolute atomic E-state index is 10.2. The van der Waals surface area contributed by atoms with Crippen LogP contribution in [0, 0.1) is 11.3 Å². The molecule has 2 rings (SSSR count). The first-order valence-corrected chi connectivity index (χ1v) is 7.22. The average Bonchev–Trinajstić information content (AvgIpc) is 2.90. The summed E-state index contributed by atoms with van der Waals surface area (Å²) in [6, 6.07) is 0. The smallest absolute Gasteiger partial charge is 0.0609 e. The van der Waals surface area contributed by atoms with Gasteiger partial charge in [0.1, 0.15) is 0 Å². The maximum Gasteiger partial charge on any atom is 0.0609 e. The molecule has 3 atom stereocenters. The Morgan fingerprint density at radius 2 is 1.88 bits per heavy atom. The molecule has 100 valence electrons. The van der Waals surface area contributed by atoms with Gasteiger partial charge in [-0.2, -0.15) is 0 Å². The molecule has 2 fully saturated rings. The van der Waals surface area contributed by atoms with Gasteiger partial charge in [-0.3, -0.25) is 0 Å². The van der Waals surface area contributed by atoms with E-state index in [1.807, 2.05) is 0 Å². The molecular formula is C14H27NO2. The van der Waals surface area contributed by atoms with E-state index < -0.39 is 0 Å². The average molecular weight is 241 g/mol. The fraction of sp³-hybridized carbons (Fsp3) is 1.00. The van der Waals surface area contributed by atoms with Gasteiger partial charge in [0.25, 0.3) is 0 Å². The van der Waals surface area contributed by atoms with Crippen molar-refractivity contribution in [3.8, 4) is 0 Å². The number of rotatable bonds is 5. The van der Waals surface area contributed by atoms with E-state index in [2.05, 4.69) is 0 Å². The lowest BCUT2D eigenvalue weighted by atomic mass is 9.77. The summed E-state index contributed by atoms with van der Waals surface area (Å²) >= 11 is 0. The molecule has 2 aliphatic carbocycles. The summed E-state index contributed by atoms with van der Waals surface area (Å²) in [5.41, 5.74) is 5.65. The standard InChI is InChI=1S/C14H27NO2/c15-10-14(7-3-6-13(14)17)9-12(16)8-11-4-1-2-5-11/h11-13,16-17H,1-10,15H2. The van der Waals surface area contributed by atoms with Gasteiger partial charge in [0.15, 0.2) is 0 Å². The highest BCUT2D eigenvalue weighted by atomic mass is 16.3. The summed E-state index contributed by atoms with van der Waals surface area (Å²) < 4.78 is 0. The van der Waals surface area contributed by atoms with Gasteiger partial charge < -0.3 is 15.9 Å². The zero-order valence-electron chi connectivity index (χ0n) is 10.8. The van der Waals surface area contributed by atoms with E-state index in [-0.39, 0.29) is 17.6 Å². The van der Waals surface area contributed by atoms with Gasteiger partial charge in [-0.1, -0.05) is 32.1 Å². The van der Waals surface area contributed by atoms with Gasteiger partial charge in [-0.15, -0.1) is 0 Å². The Bertz CT molecular complexity index is 240. The SMILES string of the molecule is NCC1(CC(O)CC2CCCC2)CCCC1O. The molecule has 0 heterocycles. The lowest BCUT2D eigenvalue weighted by Gasteiger charge is -2.34. The van der Waals surface area contributed by atoms with Crippen molar-refractivity contribution in [1.29, 1.82) is 0 Å². The minimum Gasteiger partial charge on any atom is -0.393 e. The van der Waals surface area contributed by atoms with Crippen LogP contribution >= 0.6 is 0 Å². The molecule has 0 aromatic rings. The number of hydrogen-bond acceptors (Lipinski definition) is 3. The number of nitrogens with two attached hydrogens (primary N) is 1. The second-order valence-corrected chi connectivity index (χ2v) is 6.22. The first kappa shape index (κ1) is 13.3. The highest BCUT2D eigenvalue weighted by Crippen LogP contribution is 2.42. The van der Waals surface area contributed by atoms with Crippen LogP contribution in [0.2, 0.25) is 0 Å². The molecular weight excluding hydrogens is 214 g/mol. The second-order valence-electron chi connectivity index (χ2n) is 6.22. The molecule has 4 N–H and O–H groups in total. The van der Waals surface area contributed by atoms with Gasteiger partial charge in [0.05, 0.1) is 12.2 Å². The predicted octanol–water partition coefficient (Wildman–Crippen LogP) is 1.81. The lowest BCUT2D eigenvalue weighted by molar-refractivity contribution is 0.00626. The van der Waals surface area contributed by atoms with Crippen LogP contribution in [0.3, 0.4) is 0 Å². The molecule has 0 spiro atoms. The molecule has 0 aromatic carbocycles. The van der Waals surface area contributed by atoms with Crippen molar-refractivity contribution in [3.05, 3.63) is 0 Å². The Hall–Kier alpha value is -0.120. The molecule has 17 heavy (non-hydrogen) atoms. The van der Waals surface area contributed by atoms with E-state index in [9.17, 15) is 10.2 Å². The van der Waals surface area contributed by atoms with Crippen molar-refractivity contribution in [2.75, 3.05) is 6.54 Å². The first-order chi connectivity index (χ1) is 8.16. The van der Waals surface area contributed by atoms with Gasteiger partial charge in [0, 0.05) is 12.0 Å². The number of aliphatic hydroxyl groups is 2. The van der Waals surface area contributed by atoms with Crippen molar-refractivity contribution < 1.29 is 10.2 Å². The van der Waals surface area contributed by atoms with Crippen LogP contribution < -0.4 is 5.73 Å². The van der Waals surface area contributed by atoms with Gasteiger partial charge in [0.2, 0.25) is 0 Å². The van der Waals surface area contributed by atoms with Gasteiger partial charge in [-0.05, 0) is 31.6 Å². The van der Waals surface area contributed by atoms with E-state index in [4.69, 9.17) is 5.73 Å². The fourth-order valence-electron chi connectivity index (χ4n) is 3.86. The van der Waals surface area contributed by atoms with E-state index in [1.165, 1.54) is 25.7 Å². The molecule has 0 bridgehead atoms. The Kier molecular flexibility index (Phi) is 4.45. The van der Waals surface area contributed by atoms with Crippen LogP contribution in [-0.4, -0.2) is 29.0 Å². The van der Waals surface area contributed by atoms with Crippen molar-refractivity contribution in [2.45, 2.75) is 70.0 Å². The normalized spacial score (nSPS) is 36.5. The van der Waals surface area contributed by atoms with Gasteiger partial charge >= 0.3 is 0 Å². The van der Waals surface area contributed by atoms with Crippen LogP contribution in [-0.2, 0) is 0 Å². The van der Waals surface area contributed by atoms with Crippen molar-refractivity contribution in [2.24, 2.45) is 17.1 Å². The summed E-state index contributed by atoms with van der Waals surface area (Å²) in [5.74, 6) is 0.707. The zero-order chi connectivity index (χ0) is 12.3. The van der Waals surface area contributed by atoms with Crippen molar-refractivity contribution in [3.63, 3.8) is 0 Å². The fourth-order valence-corrected chi connectivity index (χ4v) is 3.86. The first-order valence-electron chi connectivity index (χ1n) is 7.22. The molecule has 0 amide bonds. The zero-order valence-corrected chi connectivity index (χ0v) is 10.8. The Balaban J connectivity index is 1.85. The molecule has 0 saturated heterocycles. The summed E-state index contributed by atoms with van der Waals surface area (Å²) in [6.07, 6.45) is 9.11. The highest BCUT2D eigenvalue weighted by molar-refractivity contribution is 4.94. The quantitative estimate of drug-likeness (QED) is 0.687. The Morgan fingerprint density at radius 1 is 1.18 bits per heavy atom. The van der Waals surface area contributed by atoms with Crippen molar-refractivity contribution in [1.82, 2.24) is 0 Å². The third kappa shape index (κ3) is 3.01. The molecule has 0 aromatic heterocycles. The van der Waals surface area contributed by atoms with Crippen molar-refractivity contribution >= 4 is 0 Å². The molecule has 0 radical (unpaired) electrons. The highest BCUT2D eigenvalue weighted by Gasteiger charge is 2.42.